The average Bonchev–Trinajstić information content (AvgIpc) is 2.35. The Labute approximate surface area is 115 Å². The molecule has 1 aromatic carbocycles. The van der Waals surface area contributed by atoms with Crippen LogP contribution in [0.2, 0.25) is 0 Å². The first-order chi connectivity index (χ1) is 9.06. The first-order valence-corrected chi connectivity index (χ1v) is 5.95. The SMILES string of the molecule is COCCOCCOc1c(F)cc(C(N)=S)cc1F. The highest BCUT2D eigenvalue weighted by Crippen LogP contribution is 2.23. The molecule has 1 rings (SSSR count). The first-order valence-electron chi connectivity index (χ1n) is 5.54. The van der Waals surface area contributed by atoms with E-state index in [0.717, 1.165) is 12.1 Å². The molecule has 0 radical (unpaired) electrons. The molecule has 0 amide bonds. The van der Waals surface area contributed by atoms with E-state index in [1.54, 1.807) is 7.11 Å². The maximum Gasteiger partial charge on any atom is 0.190 e. The number of hydrogen-bond donors (Lipinski definition) is 1. The summed E-state index contributed by atoms with van der Waals surface area (Å²) in [7, 11) is 1.55. The zero-order valence-corrected chi connectivity index (χ0v) is 11.3. The summed E-state index contributed by atoms with van der Waals surface area (Å²) in [4.78, 5) is -0.0766. The third-order valence-corrected chi connectivity index (χ3v) is 2.42. The zero-order chi connectivity index (χ0) is 14.3. The molecule has 1 aromatic rings. The summed E-state index contributed by atoms with van der Waals surface area (Å²) in [6.07, 6.45) is 0. The van der Waals surface area contributed by atoms with Crippen molar-refractivity contribution in [3.05, 3.63) is 29.3 Å². The number of methoxy groups -OCH3 is 1. The third-order valence-electron chi connectivity index (χ3n) is 2.19. The summed E-state index contributed by atoms with van der Waals surface area (Å²) in [5.74, 6) is -2.16. The largest absolute Gasteiger partial charge is 0.485 e. The molecule has 0 aromatic heterocycles. The summed E-state index contributed by atoms with van der Waals surface area (Å²) in [6, 6.07) is 2.07. The molecular weight excluding hydrogens is 276 g/mol. The average molecular weight is 291 g/mol. The van der Waals surface area contributed by atoms with E-state index in [1.165, 1.54) is 0 Å². The molecule has 0 aliphatic rings. The fourth-order valence-electron chi connectivity index (χ4n) is 1.29. The molecule has 0 saturated heterocycles. The summed E-state index contributed by atoms with van der Waals surface area (Å²) in [5, 5.41) is 0. The van der Waals surface area contributed by atoms with E-state index in [4.69, 9.17) is 19.9 Å². The first kappa shape index (κ1) is 15.7. The van der Waals surface area contributed by atoms with Crippen molar-refractivity contribution in [2.24, 2.45) is 5.73 Å². The van der Waals surface area contributed by atoms with Crippen LogP contribution in [0.5, 0.6) is 5.75 Å². The maximum atomic E-state index is 13.6. The smallest absolute Gasteiger partial charge is 0.190 e. The maximum absolute atomic E-state index is 13.6. The van der Waals surface area contributed by atoms with Gasteiger partial charge in [-0.05, 0) is 12.1 Å². The van der Waals surface area contributed by atoms with Gasteiger partial charge in [0.25, 0.3) is 0 Å². The molecule has 0 bridgehead atoms. The molecular formula is C12H15F2NO3S. The lowest BCUT2D eigenvalue weighted by atomic mass is 10.2. The molecule has 0 unspecified atom stereocenters. The minimum absolute atomic E-state index is 0.0317. The molecule has 0 saturated carbocycles. The van der Waals surface area contributed by atoms with E-state index in [-0.39, 0.29) is 23.8 Å². The predicted octanol–water partition coefficient (Wildman–Crippen LogP) is 1.64. The minimum atomic E-state index is -0.848. The van der Waals surface area contributed by atoms with Gasteiger partial charge in [-0.15, -0.1) is 0 Å². The summed E-state index contributed by atoms with van der Waals surface area (Å²) in [6.45, 7) is 1.08. The quantitative estimate of drug-likeness (QED) is 0.583. The van der Waals surface area contributed by atoms with Crippen molar-refractivity contribution >= 4 is 17.2 Å². The Morgan fingerprint density at radius 3 is 2.26 bits per heavy atom. The van der Waals surface area contributed by atoms with Crippen LogP contribution in [0.3, 0.4) is 0 Å². The summed E-state index contributed by atoms with van der Waals surface area (Å²) >= 11 is 4.64. The molecule has 0 aliphatic carbocycles. The number of rotatable bonds is 8. The van der Waals surface area contributed by atoms with Crippen LogP contribution in [-0.2, 0) is 9.47 Å². The highest BCUT2D eigenvalue weighted by atomic mass is 32.1. The van der Waals surface area contributed by atoms with Gasteiger partial charge in [0.15, 0.2) is 17.4 Å². The second-order valence-electron chi connectivity index (χ2n) is 3.59. The monoisotopic (exact) mass is 291 g/mol. The van der Waals surface area contributed by atoms with E-state index in [0.29, 0.717) is 13.2 Å². The lowest BCUT2D eigenvalue weighted by molar-refractivity contribution is 0.0531. The minimum Gasteiger partial charge on any atom is -0.485 e. The standard InChI is InChI=1S/C12H15F2NO3S/c1-16-2-3-17-4-5-18-11-9(13)6-8(12(15)19)7-10(11)14/h6-7H,2-5H2,1H3,(H2,15,19). The number of halogens is 2. The second kappa shape index (κ2) is 7.98. The summed E-state index contributed by atoms with van der Waals surface area (Å²) < 4.78 is 42.0. The van der Waals surface area contributed by atoms with Gasteiger partial charge >= 0.3 is 0 Å². The van der Waals surface area contributed by atoms with Gasteiger partial charge in [-0.2, -0.15) is 0 Å². The lowest BCUT2D eigenvalue weighted by Gasteiger charge is -2.10. The van der Waals surface area contributed by atoms with Crippen LogP contribution in [0.1, 0.15) is 5.56 Å². The van der Waals surface area contributed by atoms with E-state index >= 15 is 0 Å². The van der Waals surface area contributed by atoms with Crippen molar-refractivity contribution in [2.75, 3.05) is 33.5 Å². The van der Waals surface area contributed by atoms with Gasteiger partial charge in [0.2, 0.25) is 0 Å². The molecule has 4 nitrogen and oxygen atoms in total. The predicted molar refractivity (Wildman–Crippen MR) is 70.4 cm³/mol. The van der Waals surface area contributed by atoms with Crippen molar-refractivity contribution in [2.45, 2.75) is 0 Å². The molecule has 0 aliphatic heterocycles. The Bertz CT molecular complexity index is 420. The van der Waals surface area contributed by atoms with Gasteiger partial charge in [0.1, 0.15) is 11.6 Å². The second-order valence-corrected chi connectivity index (χ2v) is 4.03. The van der Waals surface area contributed by atoms with Gasteiger partial charge in [0.05, 0.1) is 19.8 Å². The normalized spacial score (nSPS) is 10.5. The Balaban J connectivity index is 2.52. The Kier molecular flexibility index (Phi) is 6.61. The Hall–Kier alpha value is -1.31. The number of benzene rings is 1. The van der Waals surface area contributed by atoms with Crippen molar-refractivity contribution in [1.29, 1.82) is 0 Å². The lowest BCUT2D eigenvalue weighted by Crippen LogP contribution is -2.13. The van der Waals surface area contributed by atoms with Crippen molar-refractivity contribution in [3.8, 4) is 5.75 Å². The highest BCUT2D eigenvalue weighted by molar-refractivity contribution is 7.80. The molecule has 0 atom stereocenters. The van der Waals surface area contributed by atoms with Crippen LogP contribution in [-0.4, -0.2) is 38.5 Å². The fourth-order valence-corrected chi connectivity index (χ4v) is 1.40. The number of thiocarbonyl (C=S) groups is 1. The van der Waals surface area contributed by atoms with Gasteiger partial charge in [0, 0.05) is 12.7 Å². The molecule has 0 fully saturated rings. The van der Waals surface area contributed by atoms with Crippen molar-refractivity contribution in [3.63, 3.8) is 0 Å². The van der Waals surface area contributed by atoms with Gasteiger partial charge < -0.3 is 19.9 Å². The van der Waals surface area contributed by atoms with Gasteiger partial charge in [-0.3, -0.25) is 0 Å². The van der Waals surface area contributed by atoms with Gasteiger partial charge in [-0.1, -0.05) is 12.2 Å². The van der Waals surface area contributed by atoms with Gasteiger partial charge in [-0.25, -0.2) is 8.78 Å². The molecule has 2 N–H and O–H groups in total. The molecule has 0 spiro atoms. The molecule has 19 heavy (non-hydrogen) atoms. The van der Waals surface area contributed by atoms with Crippen LogP contribution in [0.25, 0.3) is 0 Å². The zero-order valence-electron chi connectivity index (χ0n) is 10.4. The van der Waals surface area contributed by atoms with Crippen LogP contribution >= 0.6 is 12.2 Å². The van der Waals surface area contributed by atoms with Crippen molar-refractivity contribution < 1.29 is 23.0 Å². The van der Waals surface area contributed by atoms with E-state index in [9.17, 15) is 8.78 Å². The molecule has 7 heteroatoms. The fraction of sp³-hybridized carbons (Fsp3) is 0.417. The van der Waals surface area contributed by atoms with Crippen molar-refractivity contribution in [1.82, 2.24) is 0 Å². The number of hydrogen-bond acceptors (Lipinski definition) is 4. The van der Waals surface area contributed by atoms with E-state index in [2.05, 4.69) is 12.2 Å². The molecule has 0 heterocycles. The van der Waals surface area contributed by atoms with Crippen LogP contribution in [0.4, 0.5) is 8.78 Å². The Morgan fingerprint density at radius 1 is 1.16 bits per heavy atom. The summed E-state index contributed by atoms with van der Waals surface area (Å²) in [5.41, 5.74) is 5.41. The Morgan fingerprint density at radius 2 is 1.74 bits per heavy atom. The highest BCUT2D eigenvalue weighted by Gasteiger charge is 2.13. The van der Waals surface area contributed by atoms with Crippen LogP contribution in [0.15, 0.2) is 12.1 Å². The third kappa shape index (κ3) is 5.06. The molecule has 106 valence electrons. The van der Waals surface area contributed by atoms with E-state index < -0.39 is 17.4 Å². The topological polar surface area (TPSA) is 53.7 Å². The van der Waals surface area contributed by atoms with Crippen LogP contribution < -0.4 is 10.5 Å². The van der Waals surface area contributed by atoms with E-state index in [1.807, 2.05) is 0 Å². The number of nitrogens with two attached hydrogens (primary N) is 1. The van der Waals surface area contributed by atoms with Crippen LogP contribution in [0, 0.1) is 11.6 Å². The number of ether oxygens (including phenoxy) is 3.